The van der Waals surface area contributed by atoms with E-state index in [-0.39, 0.29) is 0 Å². The minimum Gasteiger partial charge on any atom is -0.311 e. The number of likely N-dealkylation sites (tertiary alicyclic amines) is 1. The maximum absolute atomic E-state index is 4.20. The first-order chi connectivity index (χ1) is 10.3. The molecule has 0 aromatic carbocycles. The molecule has 1 aliphatic rings. The molecule has 2 rings (SSSR count). The minimum absolute atomic E-state index is 0.818. The number of hydrogen-bond donors (Lipinski definition) is 1. The molecule has 0 bridgehead atoms. The monoisotopic (exact) mass is 294 g/mol. The van der Waals surface area contributed by atoms with Crippen molar-refractivity contribution in [3.8, 4) is 0 Å². The summed E-state index contributed by atoms with van der Waals surface area (Å²) < 4.78 is 1.95. The van der Waals surface area contributed by atoms with Gasteiger partial charge in [0.2, 0.25) is 0 Å². The zero-order valence-electron chi connectivity index (χ0n) is 13.6. The summed E-state index contributed by atoms with van der Waals surface area (Å²) in [6.45, 7) is 10.9. The van der Waals surface area contributed by atoms with Gasteiger partial charge in [0.05, 0.1) is 12.2 Å². The molecule has 1 aliphatic heterocycles. The van der Waals surface area contributed by atoms with Crippen molar-refractivity contribution in [2.45, 2.75) is 39.3 Å². The van der Waals surface area contributed by atoms with Gasteiger partial charge in [0.25, 0.3) is 0 Å². The summed E-state index contributed by atoms with van der Waals surface area (Å²) in [7, 11) is 2.19. The molecule has 1 saturated heterocycles. The molecule has 0 radical (unpaired) electrons. The van der Waals surface area contributed by atoms with Gasteiger partial charge in [-0.25, -0.2) is 0 Å². The molecule has 2 heterocycles. The quantitative estimate of drug-likeness (QED) is 0.647. The van der Waals surface area contributed by atoms with Crippen LogP contribution in [-0.2, 0) is 13.1 Å². The molecule has 0 saturated carbocycles. The van der Waals surface area contributed by atoms with E-state index < -0.39 is 0 Å². The predicted octanol–water partition coefficient (Wildman–Crippen LogP) is 0.805. The van der Waals surface area contributed by atoms with E-state index in [1.165, 1.54) is 32.5 Å². The van der Waals surface area contributed by atoms with Gasteiger partial charge >= 0.3 is 0 Å². The van der Waals surface area contributed by atoms with Crippen LogP contribution in [0.5, 0.6) is 0 Å². The van der Waals surface area contributed by atoms with Crippen LogP contribution < -0.4 is 5.32 Å². The lowest BCUT2D eigenvalue weighted by Gasteiger charge is -2.21. The van der Waals surface area contributed by atoms with Crippen LogP contribution in [0.4, 0.5) is 0 Å². The topological polar surface area (TPSA) is 49.2 Å². The van der Waals surface area contributed by atoms with E-state index in [2.05, 4.69) is 45.6 Å². The molecule has 6 heteroatoms. The number of rotatable bonds is 10. The predicted molar refractivity (Wildman–Crippen MR) is 85.2 cm³/mol. The third-order valence-corrected chi connectivity index (χ3v) is 4.03. The summed E-state index contributed by atoms with van der Waals surface area (Å²) in [4.78, 5) is 4.94. The molecule has 1 N–H and O–H groups in total. The smallest absolute Gasteiger partial charge is 0.0964 e. The summed E-state index contributed by atoms with van der Waals surface area (Å²) in [6, 6.07) is 0. The normalized spacial score (nSPS) is 16.1. The highest BCUT2D eigenvalue weighted by Gasteiger charge is 2.11. The zero-order chi connectivity index (χ0) is 14.9. The van der Waals surface area contributed by atoms with E-state index in [9.17, 15) is 0 Å². The summed E-state index contributed by atoms with van der Waals surface area (Å²) >= 11 is 0. The third-order valence-electron chi connectivity index (χ3n) is 4.03. The molecule has 0 amide bonds. The summed E-state index contributed by atoms with van der Waals surface area (Å²) in [5, 5.41) is 11.7. The van der Waals surface area contributed by atoms with Crippen LogP contribution in [0.15, 0.2) is 6.20 Å². The van der Waals surface area contributed by atoms with Gasteiger partial charge in [-0.2, -0.15) is 0 Å². The molecule has 1 fully saturated rings. The van der Waals surface area contributed by atoms with Crippen LogP contribution in [0.25, 0.3) is 0 Å². The fraction of sp³-hybridized carbons (Fsp3) is 0.867. The van der Waals surface area contributed by atoms with Crippen molar-refractivity contribution in [1.29, 1.82) is 0 Å². The van der Waals surface area contributed by atoms with Crippen LogP contribution in [0.2, 0.25) is 0 Å². The molecule has 6 nitrogen and oxygen atoms in total. The standard InChI is InChI=1S/C15H30N6/c1-3-6-16-13-15-14-21(18-17-15)12-10-19(2)9-11-20-7-4-5-8-20/h14,16H,3-13H2,1-2H3. The van der Waals surface area contributed by atoms with Crippen LogP contribution in [0.3, 0.4) is 0 Å². The Morgan fingerprint density at radius 1 is 1.24 bits per heavy atom. The Balaban J connectivity index is 1.60. The highest BCUT2D eigenvalue weighted by molar-refractivity contribution is 4.91. The van der Waals surface area contributed by atoms with Crippen LogP contribution in [0, 0.1) is 0 Å². The van der Waals surface area contributed by atoms with E-state index in [1.807, 2.05) is 4.68 Å². The number of nitrogens with one attached hydrogen (secondary N) is 1. The van der Waals surface area contributed by atoms with Crippen molar-refractivity contribution in [2.24, 2.45) is 0 Å². The number of nitrogens with zero attached hydrogens (tertiary/aromatic N) is 5. The molecule has 0 aliphatic carbocycles. The highest BCUT2D eigenvalue weighted by Crippen LogP contribution is 2.06. The zero-order valence-corrected chi connectivity index (χ0v) is 13.6. The highest BCUT2D eigenvalue weighted by atomic mass is 15.4. The van der Waals surface area contributed by atoms with Gasteiger partial charge in [0.15, 0.2) is 0 Å². The lowest BCUT2D eigenvalue weighted by Crippen LogP contribution is -2.33. The lowest BCUT2D eigenvalue weighted by molar-refractivity contribution is 0.248. The Morgan fingerprint density at radius 2 is 2.00 bits per heavy atom. The largest absolute Gasteiger partial charge is 0.311 e. The fourth-order valence-electron chi connectivity index (χ4n) is 2.63. The summed E-state index contributed by atoms with van der Waals surface area (Å²) in [6.07, 6.45) is 5.95. The van der Waals surface area contributed by atoms with Crippen LogP contribution >= 0.6 is 0 Å². The van der Waals surface area contributed by atoms with E-state index in [0.29, 0.717) is 0 Å². The first-order valence-corrected chi connectivity index (χ1v) is 8.28. The van der Waals surface area contributed by atoms with E-state index in [1.54, 1.807) is 0 Å². The molecule has 21 heavy (non-hydrogen) atoms. The van der Waals surface area contributed by atoms with Crippen molar-refractivity contribution < 1.29 is 0 Å². The second-order valence-electron chi connectivity index (χ2n) is 6.00. The minimum atomic E-state index is 0.818. The van der Waals surface area contributed by atoms with Crippen molar-refractivity contribution in [3.05, 3.63) is 11.9 Å². The molecule has 1 aromatic rings. The van der Waals surface area contributed by atoms with E-state index in [4.69, 9.17) is 0 Å². The Hall–Kier alpha value is -0.980. The number of aromatic nitrogens is 3. The molecule has 120 valence electrons. The van der Waals surface area contributed by atoms with Gasteiger partial charge in [-0.05, 0) is 45.9 Å². The SMILES string of the molecule is CCCNCc1cn(CCN(C)CCN2CCCC2)nn1. The van der Waals surface area contributed by atoms with Gasteiger partial charge in [-0.15, -0.1) is 5.10 Å². The molecule has 0 unspecified atom stereocenters. The van der Waals surface area contributed by atoms with Crippen molar-refractivity contribution in [2.75, 3.05) is 46.3 Å². The first kappa shape index (κ1) is 16.4. The number of likely N-dealkylation sites (N-methyl/N-ethyl adjacent to an activating group) is 1. The van der Waals surface area contributed by atoms with Gasteiger partial charge < -0.3 is 15.1 Å². The van der Waals surface area contributed by atoms with Crippen molar-refractivity contribution in [1.82, 2.24) is 30.1 Å². The van der Waals surface area contributed by atoms with E-state index in [0.717, 1.165) is 44.8 Å². The fourth-order valence-corrected chi connectivity index (χ4v) is 2.63. The number of hydrogen-bond acceptors (Lipinski definition) is 5. The average Bonchev–Trinajstić information content (AvgIpc) is 3.15. The lowest BCUT2D eigenvalue weighted by atomic mass is 10.4. The van der Waals surface area contributed by atoms with Crippen molar-refractivity contribution >= 4 is 0 Å². The Kier molecular flexibility index (Phi) is 7.12. The molecular formula is C15H30N6. The second kappa shape index (κ2) is 9.12. The molecule has 0 spiro atoms. The van der Waals surface area contributed by atoms with Gasteiger partial charge in [-0.1, -0.05) is 12.1 Å². The Labute approximate surface area is 128 Å². The van der Waals surface area contributed by atoms with E-state index >= 15 is 0 Å². The molecule has 0 atom stereocenters. The van der Waals surface area contributed by atoms with Gasteiger partial charge in [0.1, 0.15) is 0 Å². The van der Waals surface area contributed by atoms with Crippen LogP contribution in [-0.4, -0.2) is 71.1 Å². The average molecular weight is 294 g/mol. The van der Waals surface area contributed by atoms with Gasteiger partial charge in [-0.3, -0.25) is 4.68 Å². The van der Waals surface area contributed by atoms with Gasteiger partial charge in [0, 0.05) is 32.4 Å². The maximum Gasteiger partial charge on any atom is 0.0964 e. The Morgan fingerprint density at radius 3 is 2.76 bits per heavy atom. The molecular weight excluding hydrogens is 264 g/mol. The Bertz CT molecular complexity index is 385. The molecule has 1 aromatic heterocycles. The first-order valence-electron chi connectivity index (χ1n) is 8.28. The van der Waals surface area contributed by atoms with Crippen molar-refractivity contribution in [3.63, 3.8) is 0 Å². The summed E-state index contributed by atoms with van der Waals surface area (Å²) in [5.41, 5.74) is 1.03. The summed E-state index contributed by atoms with van der Waals surface area (Å²) in [5.74, 6) is 0. The van der Waals surface area contributed by atoms with Crippen LogP contribution in [0.1, 0.15) is 31.9 Å². The second-order valence-corrected chi connectivity index (χ2v) is 6.00. The third kappa shape index (κ3) is 6.11. The maximum atomic E-state index is 4.20.